The van der Waals surface area contributed by atoms with Crippen molar-refractivity contribution in [2.75, 3.05) is 19.7 Å². The summed E-state index contributed by atoms with van der Waals surface area (Å²) in [6, 6.07) is 0. The van der Waals surface area contributed by atoms with E-state index in [-0.39, 0.29) is 17.8 Å². The largest absolute Gasteiger partial charge is 0.450 e. The number of carbonyl (C=O) groups excluding carboxylic acids is 1. The molecule has 0 rings (SSSR count). The molecule has 0 radical (unpaired) electrons. The third-order valence-corrected chi connectivity index (χ3v) is 2.02. The van der Waals surface area contributed by atoms with Crippen LogP contribution in [0.25, 0.3) is 0 Å². The molecule has 1 amide bonds. The van der Waals surface area contributed by atoms with Crippen molar-refractivity contribution in [1.82, 2.24) is 4.90 Å². The number of rotatable bonds is 5. The number of hydrogen-bond donors (Lipinski definition) is 2. The van der Waals surface area contributed by atoms with Crippen molar-refractivity contribution < 1.29 is 14.7 Å². The fourth-order valence-electron chi connectivity index (χ4n) is 1.07. The molecule has 0 heterocycles. The molecular weight excluding hydrogens is 198 g/mol. The molecule has 1 unspecified atom stereocenters. The van der Waals surface area contributed by atoms with E-state index in [9.17, 15) is 4.79 Å². The average molecular weight is 217 g/mol. The molecule has 0 bridgehead atoms. The van der Waals surface area contributed by atoms with Crippen LogP contribution in [0.15, 0.2) is 5.16 Å². The zero-order chi connectivity index (χ0) is 11.8. The Hall–Kier alpha value is -1.46. The molecule has 0 aliphatic heterocycles. The lowest BCUT2D eigenvalue weighted by atomic mass is 10.1. The van der Waals surface area contributed by atoms with Gasteiger partial charge in [-0.15, -0.1) is 0 Å². The van der Waals surface area contributed by atoms with Gasteiger partial charge in [0.25, 0.3) is 0 Å². The minimum atomic E-state index is -0.377. The summed E-state index contributed by atoms with van der Waals surface area (Å²) in [5.41, 5.74) is 5.41. The molecule has 6 heteroatoms. The standard InChI is InChI=1S/C9H19N3O3/c1-4-12(9(13)15-5-2)6-7(3)8(10)11-14/h7,14H,4-6H2,1-3H3,(H2,10,11). The number of hydrogen-bond acceptors (Lipinski definition) is 4. The van der Waals surface area contributed by atoms with Gasteiger partial charge >= 0.3 is 6.09 Å². The van der Waals surface area contributed by atoms with Crippen molar-refractivity contribution in [2.24, 2.45) is 16.8 Å². The van der Waals surface area contributed by atoms with Crippen LogP contribution in [0.1, 0.15) is 20.8 Å². The van der Waals surface area contributed by atoms with Gasteiger partial charge in [-0.25, -0.2) is 4.79 Å². The monoisotopic (exact) mass is 217 g/mol. The van der Waals surface area contributed by atoms with E-state index in [4.69, 9.17) is 15.7 Å². The number of nitrogens with zero attached hydrogens (tertiary/aromatic N) is 2. The van der Waals surface area contributed by atoms with Crippen LogP contribution in [-0.2, 0) is 4.74 Å². The van der Waals surface area contributed by atoms with Crippen LogP contribution in [0.4, 0.5) is 4.79 Å². The number of amides is 1. The van der Waals surface area contributed by atoms with E-state index >= 15 is 0 Å². The van der Waals surface area contributed by atoms with Crippen LogP contribution in [0, 0.1) is 5.92 Å². The van der Waals surface area contributed by atoms with Crippen molar-refractivity contribution in [3.8, 4) is 0 Å². The summed E-state index contributed by atoms with van der Waals surface area (Å²) in [7, 11) is 0. The Kier molecular flexibility index (Phi) is 6.24. The average Bonchev–Trinajstić information content (AvgIpc) is 2.24. The Labute approximate surface area is 89.7 Å². The second-order valence-corrected chi connectivity index (χ2v) is 3.16. The van der Waals surface area contributed by atoms with Crippen LogP contribution in [-0.4, -0.2) is 41.7 Å². The van der Waals surface area contributed by atoms with Gasteiger partial charge in [0.05, 0.1) is 6.61 Å². The summed E-state index contributed by atoms with van der Waals surface area (Å²) >= 11 is 0. The molecule has 15 heavy (non-hydrogen) atoms. The number of oxime groups is 1. The van der Waals surface area contributed by atoms with E-state index in [1.807, 2.05) is 6.92 Å². The Morgan fingerprint density at radius 1 is 1.60 bits per heavy atom. The molecule has 1 atom stereocenters. The van der Waals surface area contributed by atoms with Gasteiger partial charge in [0.1, 0.15) is 5.84 Å². The maximum Gasteiger partial charge on any atom is 0.409 e. The van der Waals surface area contributed by atoms with E-state index < -0.39 is 0 Å². The first-order chi connectivity index (χ1) is 7.06. The minimum absolute atomic E-state index is 0.109. The van der Waals surface area contributed by atoms with Crippen molar-refractivity contribution in [3.63, 3.8) is 0 Å². The lowest BCUT2D eigenvalue weighted by Crippen LogP contribution is -2.39. The third kappa shape index (κ3) is 4.53. The maximum absolute atomic E-state index is 11.4. The molecule has 0 saturated carbocycles. The summed E-state index contributed by atoms with van der Waals surface area (Å²) in [6.45, 7) is 6.62. The minimum Gasteiger partial charge on any atom is -0.450 e. The fraction of sp³-hybridized carbons (Fsp3) is 0.778. The normalized spacial score (nSPS) is 13.4. The SMILES string of the molecule is CCOC(=O)N(CC)CC(C)C(N)=NO. The van der Waals surface area contributed by atoms with Crippen LogP contribution in [0.2, 0.25) is 0 Å². The Bertz CT molecular complexity index is 231. The van der Waals surface area contributed by atoms with Gasteiger partial charge in [-0.05, 0) is 13.8 Å². The van der Waals surface area contributed by atoms with E-state index in [1.54, 1.807) is 13.8 Å². The number of carbonyl (C=O) groups is 1. The number of ether oxygens (including phenoxy) is 1. The summed E-state index contributed by atoms with van der Waals surface area (Å²) < 4.78 is 4.85. The molecule has 0 aliphatic carbocycles. The van der Waals surface area contributed by atoms with Crippen LogP contribution in [0.5, 0.6) is 0 Å². The highest BCUT2D eigenvalue weighted by atomic mass is 16.6. The van der Waals surface area contributed by atoms with Gasteiger partial charge in [-0.1, -0.05) is 12.1 Å². The zero-order valence-electron chi connectivity index (χ0n) is 9.43. The smallest absolute Gasteiger partial charge is 0.409 e. The van der Waals surface area contributed by atoms with Gasteiger partial charge in [-0.3, -0.25) is 0 Å². The van der Waals surface area contributed by atoms with Gasteiger partial charge in [0.15, 0.2) is 0 Å². The van der Waals surface area contributed by atoms with E-state index in [0.29, 0.717) is 19.7 Å². The van der Waals surface area contributed by atoms with E-state index in [1.165, 1.54) is 4.90 Å². The second-order valence-electron chi connectivity index (χ2n) is 3.16. The van der Waals surface area contributed by atoms with Crippen molar-refractivity contribution in [1.29, 1.82) is 0 Å². The molecule has 0 aromatic heterocycles. The molecule has 0 saturated heterocycles. The predicted octanol–water partition coefficient (Wildman–Crippen LogP) is 0.847. The van der Waals surface area contributed by atoms with Crippen LogP contribution >= 0.6 is 0 Å². The van der Waals surface area contributed by atoms with Gasteiger partial charge in [0, 0.05) is 19.0 Å². The van der Waals surface area contributed by atoms with Gasteiger partial charge < -0.3 is 20.6 Å². The molecule has 88 valence electrons. The summed E-state index contributed by atoms with van der Waals surface area (Å²) in [5, 5.41) is 11.4. The highest BCUT2D eigenvalue weighted by molar-refractivity contribution is 5.82. The lowest BCUT2D eigenvalue weighted by Gasteiger charge is -2.22. The molecule has 0 spiro atoms. The first kappa shape index (κ1) is 13.5. The third-order valence-electron chi connectivity index (χ3n) is 2.02. The van der Waals surface area contributed by atoms with Gasteiger partial charge in [0.2, 0.25) is 0 Å². The number of amidine groups is 1. The lowest BCUT2D eigenvalue weighted by molar-refractivity contribution is 0.107. The van der Waals surface area contributed by atoms with Gasteiger partial charge in [-0.2, -0.15) is 0 Å². The van der Waals surface area contributed by atoms with Crippen molar-refractivity contribution in [2.45, 2.75) is 20.8 Å². The highest BCUT2D eigenvalue weighted by Crippen LogP contribution is 2.02. The summed E-state index contributed by atoms with van der Waals surface area (Å²) in [4.78, 5) is 12.9. The molecule has 3 N–H and O–H groups in total. The first-order valence-electron chi connectivity index (χ1n) is 4.95. The Morgan fingerprint density at radius 3 is 2.60 bits per heavy atom. The number of nitrogens with two attached hydrogens (primary N) is 1. The quantitative estimate of drug-likeness (QED) is 0.309. The Morgan fingerprint density at radius 2 is 2.20 bits per heavy atom. The van der Waals surface area contributed by atoms with Crippen LogP contribution < -0.4 is 5.73 Å². The fourth-order valence-corrected chi connectivity index (χ4v) is 1.07. The summed E-state index contributed by atoms with van der Waals surface area (Å²) in [5.74, 6) is -0.0860. The second kappa shape index (κ2) is 6.92. The van der Waals surface area contributed by atoms with E-state index in [2.05, 4.69) is 5.16 Å². The van der Waals surface area contributed by atoms with Crippen molar-refractivity contribution in [3.05, 3.63) is 0 Å². The van der Waals surface area contributed by atoms with Crippen molar-refractivity contribution >= 4 is 11.9 Å². The predicted molar refractivity (Wildman–Crippen MR) is 56.8 cm³/mol. The topological polar surface area (TPSA) is 88.2 Å². The molecule has 0 fully saturated rings. The molecule has 0 aromatic rings. The highest BCUT2D eigenvalue weighted by Gasteiger charge is 2.17. The zero-order valence-corrected chi connectivity index (χ0v) is 9.43. The van der Waals surface area contributed by atoms with E-state index in [0.717, 1.165) is 0 Å². The molecule has 0 aliphatic rings. The maximum atomic E-state index is 11.4. The molecular formula is C9H19N3O3. The summed E-state index contributed by atoms with van der Waals surface area (Å²) in [6.07, 6.45) is -0.377. The molecule has 0 aromatic carbocycles. The Balaban J connectivity index is 4.26. The first-order valence-corrected chi connectivity index (χ1v) is 4.95. The van der Waals surface area contributed by atoms with Crippen LogP contribution in [0.3, 0.4) is 0 Å². The molecule has 6 nitrogen and oxygen atoms in total.